The van der Waals surface area contributed by atoms with E-state index in [1.807, 2.05) is 0 Å². The van der Waals surface area contributed by atoms with Gasteiger partial charge in [-0.25, -0.2) is 4.79 Å². The van der Waals surface area contributed by atoms with E-state index in [4.69, 9.17) is 0 Å². The van der Waals surface area contributed by atoms with Crippen molar-refractivity contribution in [2.75, 3.05) is 7.11 Å². The van der Waals surface area contributed by atoms with Crippen molar-refractivity contribution in [3.05, 3.63) is 0 Å². The van der Waals surface area contributed by atoms with Gasteiger partial charge in [-0.15, -0.1) is 0 Å². The lowest BCUT2D eigenvalue weighted by Crippen LogP contribution is -2.21. The largest absolute Gasteiger partial charge is 0.467 e. The summed E-state index contributed by atoms with van der Waals surface area (Å²) in [6.45, 7) is 2.27. The van der Waals surface area contributed by atoms with Gasteiger partial charge in [-0.2, -0.15) is 0 Å². The first-order chi connectivity index (χ1) is 10.7. The highest BCUT2D eigenvalue weighted by molar-refractivity contribution is 5.74. The molecular formula is C19H38O3. The van der Waals surface area contributed by atoms with Crippen LogP contribution < -0.4 is 0 Å². The minimum Gasteiger partial charge on any atom is -0.467 e. The van der Waals surface area contributed by atoms with Crippen LogP contribution in [0.2, 0.25) is 0 Å². The van der Waals surface area contributed by atoms with Crippen LogP contribution in [0.5, 0.6) is 0 Å². The smallest absolute Gasteiger partial charge is 0.334 e. The predicted molar refractivity (Wildman–Crippen MR) is 93.0 cm³/mol. The van der Waals surface area contributed by atoms with E-state index in [2.05, 4.69) is 11.7 Å². The molecule has 0 spiro atoms. The highest BCUT2D eigenvalue weighted by atomic mass is 16.5. The molecule has 0 saturated heterocycles. The van der Waals surface area contributed by atoms with Crippen molar-refractivity contribution in [1.29, 1.82) is 0 Å². The van der Waals surface area contributed by atoms with Crippen LogP contribution in [0.15, 0.2) is 0 Å². The fraction of sp³-hybridized carbons (Fsp3) is 0.947. The van der Waals surface area contributed by atoms with E-state index in [9.17, 15) is 9.90 Å². The number of unbranched alkanes of at least 4 members (excludes halogenated alkanes) is 13. The molecule has 1 N–H and O–H groups in total. The average molecular weight is 315 g/mol. The van der Waals surface area contributed by atoms with Crippen molar-refractivity contribution in [1.82, 2.24) is 0 Å². The molecule has 0 aliphatic carbocycles. The Kier molecular flexibility index (Phi) is 16.4. The molecule has 0 aromatic heterocycles. The van der Waals surface area contributed by atoms with E-state index in [0.717, 1.165) is 12.8 Å². The van der Waals surface area contributed by atoms with Crippen LogP contribution in [0, 0.1) is 0 Å². The first-order valence-corrected chi connectivity index (χ1v) is 9.48. The Bertz CT molecular complexity index is 241. The molecule has 0 radical (unpaired) electrons. The molecule has 0 amide bonds. The Balaban J connectivity index is 3.10. The van der Waals surface area contributed by atoms with Gasteiger partial charge in [0.05, 0.1) is 7.11 Å². The van der Waals surface area contributed by atoms with E-state index in [1.165, 1.54) is 84.2 Å². The SMILES string of the molecule is CCCCCCCCCCCCCCCC[C@@H](O)C(=O)OC. The quantitative estimate of drug-likeness (QED) is 0.307. The van der Waals surface area contributed by atoms with E-state index < -0.39 is 12.1 Å². The normalized spacial score (nSPS) is 12.3. The molecule has 0 unspecified atom stereocenters. The van der Waals surface area contributed by atoms with Crippen molar-refractivity contribution < 1.29 is 14.6 Å². The van der Waals surface area contributed by atoms with Gasteiger partial charge in [0.2, 0.25) is 0 Å². The lowest BCUT2D eigenvalue weighted by molar-refractivity contribution is -0.150. The highest BCUT2D eigenvalue weighted by Crippen LogP contribution is 2.13. The lowest BCUT2D eigenvalue weighted by Gasteiger charge is -2.07. The third-order valence-corrected chi connectivity index (χ3v) is 4.30. The maximum atomic E-state index is 11.0. The monoisotopic (exact) mass is 314 g/mol. The molecule has 0 aromatic carbocycles. The number of esters is 1. The van der Waals surface area contributed by atoms with Crippen LogP contribution >= 0.6 is 0 Å². The number of hydrogen-bond donors (Lipinski definition) is 1. The summed E-state index contributed by atoms with van der Waals surface area (Å²) in [7, 11) is 1.32. The van der Waals surface area contributed by atoms with Crippen LogP contribution in [-0.2, 0) is 9.53 Å². The molecule has 0 rings (SSSR count). The first-order valence-electron chi connectivity index (χ1n) is 9.48. The van der Waals surface area contributed by atoms with Gasteiger partial charge in [-0.3, -0.25) is 0 Å². The molecule has 0 heterocycles. The standard InChI is InChI=1S/C19H38O3/c1-3-4-5-6-7-8-9-10-11-12-13-14-15-16-17-18(20)19(21)22-2/h18,20H,3-17H2,1-2H3/t18-/m1/s1. The number of rotatable bonds is 16. The third kappa shape index (κ3) is 14.4. The zero-order valence-corrected chi connectivity index (χ0v) is 14.9. The van der Waals surface area contributed by atoms with E-state index in [1.54, 1.807) is 0 Å². The zero-order chi connectivity index (χ0) is 16.5. The number of carbonyl (C=O) groups excluding carboxylic acids is 1. The second-order valence-corrected chi connectivity index (χ2v) is 6.42. The number of ether oxygens (including phenoxy) is 1. The third-order valence-electron chi connectivity index (χ3n) is 4.30. The number of carbonyl (C=O) groups is 1. The van der Waals surface area contributed by atoms with Gasteiger partial charge in [0, 0.05) is 0 Å². The van der Waals surface area contributed by atoms with Gasteiger partial charge >= 0.3 is 5.97 Å². The molecule has 0 aliphatic heterocycles. The van der Waals surface area contributed by atoms with Gasteiger partial charge < -0.3 is 9.84 Å². The minimum atomic E-state index is -0.928. The average Bonchev–Trinajstić information content (AvgIpc) is 2.54. The summed E-state index contributed by atoms with van der Waals surface area (Å²) in [6, 6.07) is 0. The number of aliphatic hydroxyl groups excluding tert-OH is 1. The Morgan fingerprint density at radius 3 is 1.50 bits per heavy atom. The number of methoxy groups -OCH3 is 1. The van der Waals surface area contributed by atoms with Gasteiger partial charge in [-0.1, -0.05) is 96.8 Å². The minimum absolute atomic E-state index is 0.505. The molecule has 0 aliphatic rings. The molecule has 22 heavy (non-hydrogen) atoms. The molecule has 0 bridgehead atoms. The Morgan fingerprint density at radius 1 is 0.773 bits per heavy atom. The summed E-state index contributed by atoms with van der Waals surface area (Å²) in [5, 5.41) is 9.43. The molecule has 1 atom stereocenters. The van der Waals surface area contributed by atoms with Gasteiger partial charge in [-0.05, 0) is 6.42 Å². The fourth-order valence-electron chi connectivity index (χ4n) is 2.79. The maximum Gasteiger partial charge on any atom is 0.334 e. The van der Waals surface area contributed by atoms with Crippen molar-refractivity contribution in [3.63, 3.8) is 0 Å². The molecule has 0 saturated carbocycles. The molecule has 0 fully saturated rings. The van der Waals surface area contributed by atoms with Crippen LogP contribution in [-0.4, -0.2) is 24.3 Å². The van der Waals surface area contributed by atoms with Crippen LogP contribution in [0.4, 0.5) is 0 Å². The molecular weight excluding hydrogens is 276 g/mol. The maximum absolute atomic E-state index is 11.0. The topological polar surface area (TPSA) is 46.5 Å². The molecule has 0 aromatic rings. The van der Waals surface area contributed by atoms with Gasteiger partial charge in [0.25, 0.3) is 0 Å². The molecule has 132 valence electrons. The summed E-state index contributed by atoms with van der Waals surface area (Å²) in [6.07, 6.45) is 18.0. The lowest BCUT2D eigenvalue weighted by atomic mass is 10.0. The summed E-state index contributed by atoms with van der Waals surface area (Å²) in [5.74, 6) is -0.505. The number of hydrogen-bond acceptors (Lipinski definition) is 3. The Labute approximate surface area is 137 Å². The van der Waals surface area contributed by atoms with E-state index in [-0.39, 0.29) is 0 Å². The number of aliphatic hydroxyl groups is 1. The van der Waals surface area contributed by atoms with Crippen molar-refractivity contribution in [2.45, 2.75) is 109 Å². The fourth-order valence-corrected chi connectivity index (χ4v) is 2.79. The van der Waals surface area contributed by atoms with Crippen LogP contribution in [0.3, 0.4) is 0 Å². The van der Waals surface area contributed by atoms with Gasteiger partial charge in [0.1, 0.15) is 0 Å². The van der Waals surface area contributed by atoms with E-state index >= 15 is 0 Å². The van der Waals surface area contributed by atoms with Crippen molar-refractivity contribution in [2.24, 2.45) is 0 Å². The highest BCUT2D eigenvalue weighted by Gasteiger charge is 2.13. The van der Waals surface area contributed by atoms with Crippen molar-refractivity contribution in [3.8, 4) is 0 Å². The van der Waals surface area contributed by atoms with Crippen LogP contribution in [0.25, 0.3) is 0 Å². The molecule has 3 heteroatoms. The summed E-state index contributed by atoms with van der Waals surface area (Å²) < 4.78 is 4.49. The Hall–Kier alpha value is -0.570. The van der Waals surface area contributed by atoms with E-state index in [0.29, 0.717) is 6.42 Å². The summed E-state index contributed by atoms with van der Waals surface area (Å²) >= 11 is 0. The summed E-state index contributed by atoms with van der Waals surface area (Å²) in [4.78, 5) is 11.0. The first kappa shape index (κ1) is 21.4. The second kappa shape index (κ2) is 16.8. The summed E-state index contributed by atoms with van der Waals surface area (Å²) in [5.41, 5.74) is 0. The Morgan fingerprint density at radius 2 is 1.14 bits per heavy atom. The second-order valence-electron chi connectivity index (χ2n) is 6.42. The van der Waals surface area contributed by atoms with Gasteiger partial charge in [0.15, 0.2) is 6.10 Å². The molecule has 3 nitrogen and oxygen atoms in total. The van der Waals surface area contributed by atoms with Crippen molar-refractivity contribution >= 4 is 5.97 Å². The van der Waals surface area contributed by atoms with Crippen LogP contribution in [0.1, 0.15) is 103 Å². The zero-order valence-electron chi connectivity index (χ0n) is 14.9. The predicted octanol–water partition coefficient (Wildman–Crippen LogP) is 5.39.